The van der Waals surface area contributed by atoms with Gasteiger partial charge in [-0.3, -0.25) is 4.99 Å². The van der Waals surface area contributed by atoms with E-state index in [0.29, 0.717) is 0 Å². The highest BCUT2D eigenvalue weighted by atomic mass is 32.3. The van der Waals surface area contributed by atoms with Gasteiger partial charge in [0.25, 0.3) is 0 Å². The molecule has 4 nitrogen and oxygen atoms in total. The molecule has 6 heteroatoms. The summed E-state index contributed by atoms with van der Waals surface area (Å²) in [6, 6.07) is 1.90. The first kappa shape index (κ1) is 12.7. The molecule has 1 aliphatic rings. The summed E-state index contributed by atoms with van der Waals surface area (Å²) in [5.74, 6) is 0. The molecule has 1 aliphatic heterocycles. The van der Waals surface area contributed by atoms with E-state index in [1.54, 1.807) is 18.0 Å². The number of furan rings is 1. The lowest BCUT2D eigenvalue weighted by atomic mass is 10.4. The second kappa shape index (κ2) is 4.63. The van der Waals surface area contributed by atoms with Crippen molar-refractivity contribution < 1.29 is 9.52 Å². The topological polar surface area (TPSA) is 58.6 Å². The number of aliphatic hydroxyl groups is 1. The molecule has 19 heavy (non-hydrogen) atoms. The molecule has 0 fully saturated rings. The van der Waals surface area contributed by atoms with Crippen molar-refractivity contribution >= 4 is 26.9 Å². The monoisotopic (exact) mass is 294 g/mol. The third-order valence-electron chi connectivity index (χ3n) is 3.08. The normalized spacial score (nSPS) is 27.0. The minimum atomic E-state index is -1.69. The van der Waals surface area contributed by atoms with Crippen LogP contribution in [0.3, 0.4) is 0 Å². The molecule has 0 bridgehead atoms. The maximum Gasteiger partial charge on any atom is 0.132 e. The van der Waals surface area contributed by atoms with Crippen LogP contribution < -0.4 is 0 Å². The van der Waals surface area contributed by atoms with Crippen LogP contribution in [-0.2, 0) is 0 Å². The lowest BCUT2D eigenvalue weighted by molar-refractivity contribution is 0.270. The quantitative estimate of drug-likeness (QED) is 0.936. The molecule has 2 unspecified atom stereocenters. The van der Waals surface area contributed by atoms with Crippen molar-refractivity contribution in [2.24, 2.45) is 4.99 Å². The van der Waals surface area contributed by atoms with Crippen LogP contribution in [0.1, 0.15) is 22.9 Å². The summed E-state index contributed by atoms with van der Waals surface area (Å²) in [4.78, 5) is 10.5. The largest absolute Gasteiger partial charge is 0.471 e. The Balaban J connectivity index is 2.12. The number of hydrogen-bond donors (Lipinski definition) is 1. The van der Waals surface area contributed by atoms with Gasteiger partial charge in [0.2, 0.25) is 0 Å². The van der Waals surface area contributed by atoms with Crippen LogP contribution in [0.5, 0.6) is 0 Å². The fourth-order valence-corrected chi connectivity index (χ4v) is 6.20. The van der Waals surface area contributed by atoms with Gasteiger partial charge < -0.3 is 9.52 Å². The minimum absolute atomic E-state index is 0.626. The van der Waals surface area contributed by atoms with Crippen molar-refractivity contribution in [3.63, 3.8) is 0 Å². The van der Waals surface area contributed by atoms with E-state index in [1.165, 1.54) is 11.3 Å². The standard InChI is InChI=1S/C13H14N2O2S2/c1-9-6-19(8-15-9,11-3-4-17-5-11)13(16)12-10(2)14-7-18-12/h3-8,13,16H,1-2H3. The molecule has 1 N–H and O–H groups in total. The predicted octanol–water partition coefficient (Wildman–Crippen LogP) is 3.80. The third-order valence-corrected chi connectivity index (χ3v) is 7.42. The summed E-state index contributed by atoms with van der Waals surface area (Å²) in [7, 11) is -1.69. The summed E-state index contributed by atoms with van der Waals surface area (Å²) in [6.45, 7) is 3.86. The maximum atomic E-state index is 10.9. The number of aliphatic imine (C=N–C) groups is 1. The van der Waals surface area contributed by atoms with E-state index in [9.17, 15) is 5.11 Å². The van der Waals surface area contributed by atoms with Crippen LogP contribution in [0.2, 0.25) is 0 Å². The van der Waals surface area contributed by atoms with Crippen LogP contribution >= 0.6 is 21.4 Å². The molecule has 3 rings (SSSR count). The molecule has 0 saturated heterocycles. The fraction of sp³-hybridized carbons (Fsp3) is 0.231. The Morgan fingerprint density at radius 1 is 1.42 bits per heavy atom. The number of aryl methyl sites for hydroxylation is 1. The van der Waals surface area contributed by atoms with Crippen LogP contribution in [0.25, 0.3) is 0 Å². The zero-order valence-corrected chi connectivity index (χ0v) is 12.2. The highest BCUT2D eigenvalue weighted by molar-refractivity contribution is 8.46. The Morgan fingerprint density at radius 2 is 2.26 bits per heavy atom. The van der Waals surface area contributed by atoms with Crippen LogP contribution in [0.15, 0.2) is 49.5 Å². The predicted molar refractivity (Wildman–Crippen MR) is 78.6 cm³/mol. The fourth-order valence-electron chi connectivity index (χ4n) is 2.07. The molecule has 2 aromatic heterocycles. The number of thiazole rings is 1. The Bertz CT molecular complexity index is 645. The summed E-state index contributed by atoms with van der Waals surface area (Å²) in [5.41, 5.74) is 4.81. The van der Waals surface area contributed by atoms with Gasteiger partial charge in [-0.15, -0.1) is 21.4 Å². The third kappa shape index (κ3) is 1.96. The van der Waals surface area contributed by atoms with E-state index < -0.39 is 15.5 Å². The lowest BCUT2D eigenvalue weighted by Gasteiger charge is -2.34. The van der Waals surface area contributed by atoms with Crippen molar-refractivity contribution in [1.82, 2.24) is 4.98 Å². The molecule has 100 valence electrons. The molecule has 0 saturated carbocycles. The molecule has 2 atom stereocenters. The van der Waals surface area contributed by atoms with Gasteiger partial charge in [0.15, 0.2) is 0 Å². The zero-order valence-electron chi connectivity index (χ0n) is 10.6. The van der Waals surface area contributed by atoms with E-state index in [2.05, 4.69) is 15.4 Å². The first-order valence-corrected chi connectivity index (χ1v) is 8.48. The van der Waals surface area contributed by atoms with E-state index in [-0.39, 0.29) is 0 Å². The Hall–Kier alpha value is -1.37. The number of rotatable bonds is 3. The molecule has 0 aromatic carbocycles. The van der Waals surface area contributed by atoms with E-state index in [0.717, 1.165) is 21.2 Å². The summed E-state index contributed by atoms with van der Waals surface area (Å²) in [6.07, 6.45) is 3.32. The zero-order chi connectivity index (χ0) is 13.5. The first-order chi connectivity index (χ1) is 9.13. The second-order valence-electron chi connectivity index (χ2n) is 4.37. The first-order valence-electron chi connectivity index (χ1n) is 5.78. The molecule has 0 radical (unpaired) electrons. The van der Waals surface area contributed by atoms with Crippen molar-refractivity contribution in [2.45, 2.75) is 24.2 Å². The number of aromatic nitrogens is 1. The van der Waals surface area contributed by atoms with Crippen LogP contribution in [0.4, 0.5) is 0 Å². The van der Waals surface area contributed by atoms with E-state index >= 15 is 0 Å². The van der Waals surface area contributed by atoms with Gasteiger partial charge in [0, 0.05) is 10.6 Å². The SMILES string of the molecule is CC1=CS(c2ccoc2)(C(O)c2scnc2C)C=N1. The molecular formula is C13H14N2O2S2. The van der Waals surface area contributed by atoms with E-state index in [1.807, 2.05) is 25.5 Å². The number of hydrogen-bond acceptors (Lipinski definition) is 5. The van der Waals surface area contributed by atoms with Gasteiger partial charge in [-0.05, 0) is 25.3 Å². The minimum Gasteiger partial charge on any atom is -0.471 e. The van der Waals surface area contributed by atoms with Gasteiger partial charge in [-0.1, -0.05) is 0 Å². The number of aliphatic hydroxyl groups excluding tert-OH is 1. The Labute approximate surface area is 116 Å². The molecule has 0 amide bonds. The highest BCUT2D eigenvalue weighted by Crippen LogP contribution is 2.67. The van der Waals surface area contributed by atoms with Gasteiger partial charge in [-0.25, -0.2) is 4.98 Å². The lowest BCUT2D eigenvalue weighted by Crippen LogP contribution is -2.08. The van der Waals surface area contributed by atoms with Crippen molar-refractivity contribution in [1.29, 1.82) is 0 Å². The molecule has 2 aromatic rings. The number of nitrogens with zero attached hydrogens (tertiary/aromatic N) is 2. The molecule has 0 aliphatic carbocycles. The summed E-state index contributed by atoms with van der Waals surface area (Å²) in [5, 5.41) is 12.9. The maximum absolute atomic E-state index is 10.9. The average molecular weight is 294 g/mol. The smallest absolute Gasteiger partial charge is 0.132 e. The summed E-state index contributed by atoms with van der Waals surface area (Å²) >= 11 is 1.48. The van der Waals surface area contributed by atoms with Crippen LogP contribution in [-0.4, -0.2) is 15.6 Å². The van der Waals surface area contributed by atoms with Crippen molar-refractivity contribution in [3.8, 4) is 0 Å². The second-order valence-corrected chi connectivity index (χ2v) is 8.14. The number of allylic oxidation sites excluding steroid dienone is 1. The van der Waals surface area contributed by atoms with Gasteiger partial charge in [-0.2, -0.15) is 0 Å². The molecule has 3 heterocycles. The summed E-state index contributed by atoms with van der Waals surface area (Å²) < 4.78 is 5.19. The molecule has 0 spiro atoms. The van der Waals surface area contributed by atoms with Gasteiger partial charge in [0.1, 0.15) is 11.7 Å². The highest BCUT2D eigenvalue weighted by Gasteiger charge is 2.37. The van der Waals surface area contributed by atoms with E-state index in [4.69, 9.17) is 4.42 Å². The average Bonchev–Trinajstić information content (AvgIpc) is 3.08. The van der Waals surface area contributed by atoms with Gasteiger partial charge >= 0.3 is 0 Å². The Kier molecular flexibility index (Phi) is 3.08. The Morgan fingerprint density at radius 3 is 2.79 bits per heavy atom. The van der Waals surface area contributed by atoms with Crippen molar-refractivity contribution in [2.75, 3.05) is 0 Å². The van der Waals surface area contributed by atoms with Crippen LogP contribution in [0, 0.1) is 6.92 Å². The van der Waals surface area contributed by atoms with Crippen molar-refractivity contribution in [3.05, 3.63) is 45.8 Å². The molecular weight excluding hydrogens is 280 g/mol. The van der Waals surface area contributed by atoms with Gasteiger partial charge in [0.05, 0.1) is 27.9 Å².